The van der Waals surface area contributed by atoms with Crippen LogP contribution >= 0.6 is 0 Å². The van der Waals surface area contributed by atoms with Gasteiger partial charge in [0, 0.05) is 25.2 Å². The highest BCUT2D eigenvalue weighted by Gasteiger charge is 2.33. The third kappa shape index (κ3) is 3.28. The van der Waals surface area contributed by atoms with Gasteiger partial charge in [-0.25, -0.2) is 0 Å². The molecular weight excluding hydrogens is 314 g/mol. The van der Waals surface area contributed by atoms with Gasteiger partial charge in [-0.2, -0.15) is 0 Å². The summed E-state index contributed by atoms with van der Waals surface area (Å²) >= 11 is 0. The predicted molar refractivity (Wildman–Crippen MR) is 96.1 cm³/mol. The van der Waals surface area contributed by atoms with E-state index in [4.69, 9.17) is 0 Å². The smallest absolute Gasteiger partial charge is 0.237 e. The van der Waals surface area contributed by atoms with Gasteiger partial charge in [0.05, 0.1) is 12.1 Å². The number of amides is 2. The summed E-state index contributed by atoms with van der Waals surface area (Å²) in [6.45, 7) is 1.23. The van der Waals surface area contributed by atoms with Crippen LogP contribution in [0, 0.1) is 0 Å². The van der Waals surface area contributed by atoms with Gasteiger partial charge in [-0.15, -0.1) is 0 Å². The van der Waals surface area contributed by atoms with E-state index in [1.165, 1.54) is 11.1 Å². The molecule has 0 saturated carbocycles. The summed E-state index contributed by atoms with van der Waals surface area (Å²) in [7, 11) is 0. The van der Waals surface area contributed by atoms with Gasteiger partial charge in [0.2, 0.25) is 11.8 Å². The SMILES string of the molecule is O=C(NC1CC(=O)N(c2ccccc2)C1)[C@H]1Cc2ccccc2CN1. The Morgan fingerprint density at radius 3 is 2.52 bits per heavy atom. The number of hydrogen-bond donors (Lipinski definition) is 2. The molecule has 2 aromatic rings. The molecule has 128 valence electrons. The average Bonchev–Trinajstić information content (AvgIpc) is 3.02. The highest BCUT2D eigenvalue weighted by molar-refractivity contribution is 5.97. The molecule has 0 radical (unpaired) electrons. The van der Waals surface area contributed by atoms with Gasteiger partial charge >= 0.3 is 0 Å². The first-order valence-electron chi connectivity index (χ1n) is 8.66. The molecular formula is C20H21N3O2. The third-order valence-electron chi connectivity index (χ3n) is 4.94. The number of hydrogen-bond acceptors (Lipinski definition) is 3. The van der Waals surface area contributed by atoms with Crippen molar-refractivity contribution in [1.82, 2.24) is 10.6 Å². The predicted octanol–water partition coefficient (Wildman–Crippen LogP) is 1.62. The van der Waals surface area contributed by atoms with Gasteiger partial charge in [-0.3, -0.25) is 9.59 Å². The Labute approximate surface area is 147 Å². The molecule has 5 heteroatoms. The van der Waals surface area contributed by atoms with Crippen LogP contribution in [0.15, 0.2) is 54.6 Å². The minimum atomic E-state index is -0.240. The fourth-order valence-corrected chi connectivity index (χ4v) is 3.60. The van der Waals surface area contributed by atoms with Crippen LogP contribution in [0.3, 0.4) is 0 Å². The fourth-order valence-electron chi connectivity index (χ4n) is 3.60. The lowest BCUT2D eigenvalue weighted by Crippen LogP contribution is -2.51. The number of nitrogens with one attached hydrogen (secondary N) is 2. The van der Waals surface area contributed by atoms with Crippen LogP contribution in [0.2, 0.25) is 0 Å². The molecule has 1 saturated heterocycles. The monoisotopic (exact) mass is 335 g/mol. The van der Waals surface area contributed by atoms with Crippen LogP contribution < -0.4 is 15.5 Å². The summed E-state index contributed by atoms with van der Waals surface area (Å²) in [6, 6.07) is 17.4. The Hall–Kier alpha value is -2.66. The summed E-state index contributed by atoms with van der Waals surface area (Å²) in [4.78, 5) is 26.6. The van der Waals surface area contributed by atoms with E-state index in [2.05, 4.69) is 22.8 Å². The van der Waals surface area contributed by atoms with Crippen molar-refractivity contribution in [3.63, 3.8) is 0 Å². The van der Waals surface area contributed by atoms with Gasteiger partial charge in [-0.1, -0.05) is 42.5 Å². The van der Waals surface area contributed by atoms with Gasteiger partial charge in [-0.05, 0) is 29.7 Å². The zero-order valence-corrected chi connectivity index (χ0v) is 13.9. The zero-order chi connectivity index (χ0) is 17.2. The molecule has 0 aromatic heterocycles. The van der Waals surface area contributed by atoms with E-state index >= 15 is 0 Å². The van der Waals surface area contributed by atoms with Gasteiger partial charge in [0.1, 0.15) is 0 Å². The lowest BCUT2D eigenvalue weighted by atomic mass is 9.95. The summed E-state index contributed by atoms with van der Waals surface area (Å²) in [5.41, 5.74) is 3.35. The molecule has 2 aromatic carbocycles. The maximum atomic E-state index is 12.6. The van der Waals surface area contributed by atoms with Crippen LogP contribution in [0.4, 0.5) is 5.69 Å². The fraction of sp³-hybridized carbons (Fsp3) is 0.300. The largest absolute Gasteiger partial charge is 0.350 e. The Balaban J connectivity index is 1.38. The molecule has 0 spiro atoms. The Bertz CT molecular complexity index is 791. The highest BCUT2D eigenvalue weighted by atomic mass is 16.2. The van der Waals surface area contributed by atoms with E-state index in [0.717, 1.165) is 5.69 Å². The molecule has 1 unspecified atom stereocenters. The number of rotatable bonds is 3. The molecule has 2 N–H and O–H groups in total. The lowest BCUT2D eigenvalue weighted by Gasteiger charge is -2.26. The van der Waals surface area contributed by atoms with E-state index in [9.17, 15) is 9.59 Å². The van der Waals surface area contributed by atoms with Crippen molar-refractivity contribution in [1.29, 1.82) is 0 Å². The minimum absolute atomic E-state index is 0.0257. The number of para-hydroxylation sites is 1. The van der Waals surface area contributed by atoms with Crippen LogP contribution in [-0.2, 0) is 22.6 Å². The molecule has 0 bridgehead atoms. The quantitative estimate of drug-likeness (QED) is 0.896. The second kappa shape index (κ2) is 6.69. The van der Waals surface area contributed by atoms with Crippen molar-refractivity contribution >= 4 is 17.5 Å². The van der Waals surface area contributed by atoms with E-state index in [1.54, 1.807) is 4.90 Å². The number of carbonyl (C=O) groups is 2. The Morgan fingerprint density at radius 2 is 1.72 bits per heavy atom. The average molecular weight is 335 g/mol. The van der Waals surface area contributed by atoms with Crippen LogP contribution in [0.25, 0.3) is 0 Å². The summed E-state index contributed by atoms with van der Waals surface area (Å²) in [6.07, 6.45) is 1.04. The lowest BCUT2D eigenvalue weighted by molar-refractivity contribution is -0.124. The minimum Gasteiger partial charge on any atom is -0.350 e. The van der Waals surface area contributed by atoms with Crippen molar-refractivity contribution in [3.05, 3.63) is 65.7 Å². The second-order valence-electron chi connectivity index (χ2n) is 6.66. The van der Waals surface area contributed by atoms with Crippen LogP contribution in [0.1, 0.15) is 17.5 Å². The highest BCUT2D eigenvalue weighted by Crippen LogP contribution is 2.21. The van der Waals surface area contributed by atoms with E-state index in [1.807, 2.05) is 42.5 Å². The second-order valence-corrected chi connectivity index (χ2v) is 6.66. The van der Waals surface area contributed by atoms with Crippen LogP contribution in [0.5, 0.6) is 0 Å². The number of benzene rings is 2. The molecule has 5 nitrogen and oxygen atoms in total. The first kappa shape index (κ1) is 15.8. The molecule has 1 fully saturated rings. The molecule has 4 rings (SSSR count). The molecule has 2 aliphatic rings. The molecule has 25 heavy (non-hydrogen) atoms. The standard InChI is InChI=1S/C20H21N3O2/c24-19-11-16(13-23(19)17-8-2-1-3-9-17)22-20(25)18-10-14-6-4-5-7-15(14)12-21-18/h1-9,16,18,21H,10-13H2,(H,22,25)/t16?,18-/m1/s1. The van der Waals surface area contributed by atoms with E-state index < -0.39 is 0 Å². The first-order valence-corrected chi connectivity index (χ1v) is 8.66. The van der Waals surface area contributed by atoms with Crippen molar-refractivity contribution in [3.8, 4) is 0 Å². The Morgan fingerprint density at radius 1 is 1.00 bits per heavy atom. The number of anilines is 1. The molecule has 0 aliphatic carbocycles. The van der Waals surface area contributed by atoms with Crippen molar-refractivity contribution in [2.45, 2.75) is 31.5 Å². The summed E-state index contributed by atoms with van der Waals surface area (Å²) in [5.74, 6) is 0.0284. The van der Waals surface area contributed by atoms with Gasteiger partial charge < -0.3 is 15.5 Å². The summed E-state index contributed by atoms with van der Waals surface area (Å²) < 4.78 is 0. The number of nitrogens with zero attached hydrogens (tertiary/aromatic N) is 1. The van der Waals surface area contributed by atoms with E-state index in [0.29, 0.717) is 25.9 Å². The maximum Gasteiger partial charge on any atom is 0.237 e. The first-order chi connectivity index (χ1) is 12.2. The normalized spacial score (nSPS) is 22.6. The number of carbonyl (C=O) groups excluding carboxylic acids is 2. The van der Waals surface area contributed by atoms with Crippen molar-refractivity contribution < 1.29 is 9.59 Å². The maximum absolute atomic E-state index is 12.6. The molecule has 2 amide bonds. The van der Waals surface area contributed by atoms with Gasteiger partial charge in [0.15, 0.2) is 0 Å². The van der Waals surface area contributed by atoms with Crippen LogP contribution in [-0.4, -0.2) is 30.4 Å². The third-order valence-corrected chi connectivity index (χ3v) is 4.94. The zero-order valence-electron chi connectivity index (χ0n) is 13.9. The molecule has 2 heterocycles. The van der Waals surface area contributed by atoms with E-state index in [-0.39, 0.29) is 23.9 Å². The molecule has 2 aliphatic heterocycles. The summed E-state index contributed by atoms with van der Waals surface area (Å²) in [5, 5.41) is 6.34. The number of fused-ring (bicyclic) bond motifs is 1. The molecule has 2 atom stereocenters. The topological polar surface area (TPSA) is 61.4 Å². The Kier molecular flexibility index (Phi) is 4.24. The van der Waals surface area contributed by atoms with Gasteiger partial charge in [0.25, 0.3) is 0 Å². The van der Waals surface area contributed by atoms with Crippen molar-refractivity contribution in [2.75, 3.05) is 11.4 Å². The van der Waals surface area contributed by atoms with Crippen molar-refractivity contribution in [2.24, 2.45) is 0 Å².